The van der Waals surface area contributed by atoms with E-state index in [1.807, 2.05) is 0 Å². The average molecular weight is 174 g/mol. The van der Waals surface area contributed by atoms with Gasteiger partial charge >= 0.3 is 0 Å². The molecule has 0 amide bonds. The Morgan fingerprint density at radius 2 is 1.92 bits per heavy atom. The second kappa shape index (κ2) is 2.74. The SMILES string of the molecule is [C-]#[N+]C1C(C#N)C2CC1C(C)C2C. The standard InChI is InChI=1S/C11H14N2/c1-6-7(2)9-4-8(6)10(5-12)11(9)13-3/h6-11H,4H2,1-2H3. The summed E-state index contributed by atoms with van der Waals surface area (Å²) in [5, 5.41) is 9.00. The fourth-order valence-electron chi connectivity index (χ4n) is 3.32. The Balaban J connectivity index is 2.30. The maximum Gasteiger partial charge on any atom is 0.242 e. The molecule has 0 aromatic carbocycles. The van der Waals surface area contributed by atoms with E-state index in [0.717, 1.165) is 6.42 Å². The summed E-state index contributed by atoms with van der Waals surface area (Å²) < 4.78 is 0. The zero-order valence-corrected chi connectivity index (χ0v) is 8.07. The Kier molecular flexibility index (Phi) is 1.81. The molecule has 0 aromatic rings. The summed E-state index contributed by atoms with van der Waals surface area (Å²) in [4.78, 5) is 3.63. The van der Waals surface area contributed by atoms with Crippen molar-refractivity contribution in [2.24, 2.45) is 29.6 Å². The second-order valence-electron chi connectivity index (χ2n) is 4.56. The third-order valence-electron chi connectivity index (χ3n) is 4.29. The molecule has 2 rings (SSSR count). The molecule has 68 valence electrons. The third-order valence-corrected chi connectivity index (χ3v) is 4.29. The Bertz CT molecular complexity index is 266. The molecule has 13 heavy (non-hydrogen) atoms. The first kappa shape index (κ1) is 8.57. The Hall–Kier alpha value is -1.02. The molecular formula is C11H14N2. The van der Waals surface area contributed by atoms with Gasteiger partial charge in [-0.05, 0) is 24.2 Å². The molecule has 0 saturated heterocycles. The molecule has 6 atom stereocenters. The number of nitriles is 1. The van der Waals surface area contributed by atoms with E-state index < -0.39 is 0 Å². The van der Waals surface area contributed by atoms with Crippen molar-refractivity contribution >= 4 is 0 Å². The molecule has 0 aromatic heterocycles. The highest BCUT2D eigenvalue weighted by atomic mass is 14.8. The van der Waals surface area contributed by atoms with E-state index in [0.29, 0.717) is 23.7 Å². The highest BCUT2D eigenvalue weighted by Crippen LogP contribution is 2.55. The largest absolute Gasteiger partial charge is 0.312 e. The lowest BCUT2D eigenvalue weighted by molar-refractivity contribution is 0.212. The van der Waals surface area contributed by atoms with Crippen LogP contribution in [0.1, 0.15) is 20.3 Å². The highest BCUT2D eigenvalue weighted by Gasteiger charge is 2.59. The first-order valence-electron chi connectivity index (χ1n) is 4.97. The molecule has 0 aliphatic heterocycles. The highest BCUT2D eigenvalue weighted by molar-refractivity contribution is 5.16. The van der Waals surface area contributed by atoms with Gasteiger partial charge < -0.3 is 4.85 Å². The van der Waals surface area contributed by atoms with Crippen LogP contribution >= 0.6 is 0 Å². The predicted octanol–water partition coefficient (Wildman–Crippen LogP) is 2.34. The molecule has 0 N–H and O–H groups in total. The second-order valence-corrected chi connectivity index (χ2v) is 4.56. The molecule has 2 bridgehead atoms. The van der Waals surface area contributed by atoms with Gasteiger partial charge in [0, 0.05) is 5.92 Å². The maximum absolute atomic E-state index is 9.00. The number of rotatable bonds is 0. The fourth-order valence-corrected chi connectivity index (χ4v) is 3.32. The lowest BCUT2D eigenvalue weighted by Gasteiger charge is -2.28. The number of hydrogen-bond donors (Lipinski definition) is 0. The fraction of sp³-hybridized carbons (Fsp3) is 0.818. The van der Waals surface area contributed by atoms with Crippen molar-refractivity contribution in [2.45, 2.75) is 26.3 Å². The smallest absolute Gasteiger partial charge is 0.242 e. The average Bonchev–Trinajstić information content (AvgIpc) is 2.63. The summed E-state index contributed by atoms with van der Waals surface area (Å²) in [5.41, 5.74) is 0. The Labute approximate surface area is 79.4 Å². The minimum Gasteiger partial charge on any atom is -0.312 e. The van der Waals surface area contributed by atoms with Crippen LogP contribution < -0.4 is 0 Å². The molecule has 2 aliphatic rings. The van der Waals surface area contributed by atoms with Gasteiger partial charge in [-0.15, -0.1) is 0 Å². The van der Waals surface area contributed by atoms with Crippen molar-refractivity contribution in [2.75, 3.05) is 0 Å². The molecule has 2 aliphatic carbocycles. The molecular weight excluding hydrogens is 160 g/mol. The molecule has 2 nitrogen and oxygen atoms in total. The summed E-state index contributed by atoms with van der Waals surface area (Å²) in [6.45, 7) is 11.6. The van der Waals surface area contributed by atoms with Crippen LogP contribution in [0.5, 0.6) is 0 Å². The maximum atomic E-state index is 9.00. The molecule has 0 heterocycles. The lowest BCUT2D eigenvalue weighted by Crippen LogP contribution is -2.33. The van der Waals surface area contributed by atoms with Crippen LogP contribution in [0.3, 0.4) is 0 Å². The van der Waals surface area contributed by atoms with Gasteiger partial charge in [0.1, 0.15) is 5.92 Å². The third kappa shape index (κ3) is 0.923. The van der Waals surface area contributed by atoms with E-state index in [2.05, 4.69) is 24.8 Å². The summed E-state index contributed by atoms with van der Waals surface area (Å²) in [6.07, 6.45) is 1.12. The predicted molar refractivity (Wildman–Crippen MR) is 49.4 cm³/mol. The molecule has 2 heteroatoms. The van der Waals surface area contributed by atoms with Crippen LogP contribution in [0.4, 0.5) is 0 Å². The van der Waals surface area contributed by atoms with Gasteiger partial charge in [0.15, 0.2) is 0 Å². The van der Waals surface area contributed by atoms with Crippen LogP contribution in [0.2, 0.25) is 0 Å². The van der Waals surface area contributed by atoms with Crippen LogP contribution in [-0.2, 0) is 0 Å². The van der Waals surface area contributed by atoms with Crippen LogP contribution in [0.15, 0.2) is 0 Å². The van der Waals surface area contributed by atoms with Crippen molar-refractivity contribution in [3.63, 3.8) is 0 Å². The lowest BCUT2D eigenvalue weighted by atomic mass is 9.74. The van der Waals surface area contributed by atoms with Gasteiger partial charge in [-0.1, -0.05) is 13.8 Å². The molecule has 6 unspecified atom stereocenters. The van der Waals surface area contributed by atoms with E-state index in [4.69, 9.17) is 11.8 Å². The van der Waals surface area contributed by atoms with Crippen molar-refractivity contribution in [1.82, 2.24) is 0 Å². The number of fused-ring (bicyclic) bond motifs is 2. The van der Waals surface area contributed by atoms with Crippen molar-refractivity contribution < 1.29 is 0 Å². The van der Waals surface area contributed by atoms with E-state index in [1.165, 1.54) is 0 Å². The first-order chi connectivity index (χ1) is 6.20. The van der Waals surface area contributed by atoms with E-state index in [-0.39, 0.29) is 12.0 Å². The van der Waals surface area contributed by atoms with Crippen molar-refractivity contribution in [3.05, 3.63) is 11.4 Å². The zero-order chi connectivity index (χ0) is 9.59. The van der Waals surface area contributed by atoms with Gasteiger partial charge in [-0.3, -0.25) is 0 Å². The number of nitrogens with zero attached hydrogens (tertiary/aromatic N) is 2. The summed E-state index contributed by atoms with van der Waals surface area (Å²) >= 11 is 0. The minimum absolute atomic E-state index is 0.00111. The van der Waals surface area contributed by atoms with Crippen molar-refractivity contribution in [1.29, 1.82) is 5.26 Å². The molecule has 2 fully saturated rings. The van der Waals surface area contributed by atoms with Gasteiger partial charge in [-0.2, -0.15) is 5.26 Å². The molecule has 0 spiro atoms. The van der Waals surface area contributed by atoms with E-state index in [9.17, 15) is 0 Å². The van der Waals surface area contributed by atoms with Crippen LogP contribution in [0, 0.1) is 47.5 Å². The normalized spacial score (nSPS) is 52.9. The Morgan fingerprint density at radius 1 is 1.31 bits per heavy atom. The topological polar surface area (TPSA) is 28.1 Å². The van der Waals surface area contributed by atoms with Gasteiger partial charge in [0.05, 0.1) is 6.07 Å². The summed E-state index contributed by atoms with van der Waals surface area (Å²) in [6, 6.07) is 2.33. The molecule has 0 radical (unpaired) electrons. The van der Waals surface area contributed by atoms with E-state index >= 15 is 0 Å². The minimum atomic E-state index is 0.00111. The summed E-state index contributed by atoms with van der Waals surface area (Å²) in [5.74, 6) is 2.32. The quantitative estimate of drug-likeness (QED) is 0.518. The van der Waals surface area contributed by atoms with E-state index in [1.54, 1.807) is 0 Å². The zero-order valence-electron chi connectivity index (χ0n) is 8.07. The monoisotopic (exact) mass is 174 g/mol. The molecule has 2 saturated carbocycles. The summed E-state index contributed by atoms with van der Waals surface area (Å²) in [7, 11) is 0. The van der Waals surface area contributed by atoms with Crippen LogP contribution in [0.25, 0.3) is 4.85 Å². The Morgan fingerprint density at radius 3 is 2.46 bits per heavy atom. The first-order valence-corrected chi connectivity index (χ1v) is 4.97. The van der Waals surface area contributed by atoms with Gasteiger partial charge in [-0.25, -0.2) is 6.57 Å². The van der Waals surface area contributed by atoms with Gasteiger partial charge in [0.2, 0.25) is 6.04 Å². The van der Waals surface area contributed by atoms with Crippen LogP contribution in [-0.4, -0.2) is 6.04 Å². The van der Waals surface area contributed by atoms with Gasteiger partial charge in [0.25, 0.3) is 0 Å². The number of hydrogen-bond acceptors (Lipinski definition) is 1. The van der Waals surface area contributed by atoms with Crippen molar-refractivity contribution in [3.8, 4) is 6.07 Å².